The van der Waals surface area contributed by atoms with Gasteiger partial charge in [0.05, 0.1) is 12.1 Å². The van der Waals surface area contributed by atoms with Gasteiger partial charge in [-0.05, 0) is 6.92 Å². The zero-order chi connectivity index (χ0) is 7.72. The Morgan fingerprint density at radius 3 is 2.40 bits per heavy atom. The van der Waals surface area contributed by atoms with Crippen molar-refractivity contribution in [2.75, 3.05) is 7.11 Å². The molecule has 0 amide bonds. The number of aliphatic hydroxyl groups excluding tert-OH is 1. The lowest BCUT2D eigenvalue weighted by Gasteiger charge is -2.11. The van der Waals surface area contributed by atoms with Crippen molar-refractivity contribution in [2.45, 2.75) is 31.5 Å². The number of methoxy groups -OCH3 is 1. The van der Waals surface area contributed by atoms with Gasteiger partial charge in [-0.15, -0.1) is 0 Å². The lowest BCUT2D eigenvalue weighted by molar-refractivity contribution is -0.145. The van der Waals surface area contributed by atoms with Gasteiger partial charge in [0.2, 0.25) is 0 Å². The lowest BCUT2D eigenvalue weighted by Crippen LogP contribution is -2.39. The maximum Gasteiger partial charge on any atom is 0.185 e. The van der Waals surface area contributed by atoms with E-state index in [1.807, 2.05) is 6.92 Å². The molecule has 4 nitrogen and oxygen atoms in total. The first kappa shape index (κ1) is 7.94. The number of rotatable bonds is 1. The predicted molar refractivity (Wildman–Crippen MR) is 35.3 cm³/mol. The summed E-state index contributed by atoms with van der Waals surface area (Å²) in [4.78, 5) is 0. The van der Waals surface area contributed by atoms with Crippen molar-refractivity contribution in [1.29, 1.82) is 0 Å². The summed E-state index contributed by atoms with van der Waals surface area (Å²) >= 11 is 0. The van der Waals surface area contributed by atoms with Crippen LogP contribution >= 0.6 is 0 Å². The first-order chi connectivity index (χ1) is 4.66. The van der Waals surface area contributed by atoms with Gasteiger partial charge < -0.3 is 20.3 Å². The number of hydrogen-bond acceptors (Lipinski definition) is 4. The highest BCUT2D eigenvalue weighted by atomic mass is 16.7. The molecule has 1 aliphatic heterocycles. The van der Waals surface area contributed by atoms with Gasteiger partial charge in [-0.3, -0.25) is 0 Å². The van der Waals surface area contributed by atoms with Gasteiger partial charge in [-0.1, -0.05) is 0 Å². The predicted octanol–water partition coefficient (Wildman–Crippen LogP) is -0.934. The Balaban J connectivity index is 2.53. The zero-order valence-electron chi connectivity index (χ0n) is 6.15. The molecule has 0 aromatic carbocycles. The summed E-state index contributed by atoms with van der Waals surface area (Å²) in [7, 11) is 1.48. The molecule has 0 radical (unpaired) electrons. The molecule has 60 valence electrons. The number of hydrogen-bond donors (Lipinski definition) is 2. The standard InChI is InChI=1S/C6H13NO3/c1-3-4(7)5(8)6(9-2)10-3/h3-6,8H,7H2,1-2H3/t3-,4+,5-,6+/m1/s1. The molecular weight excluding hydrogens is 134 g/mol. The minimum Gasteiger partial charge on any atom is -0.386 e. The Morgan fingerprint density at radius 1 is 1.60 bits per heavy atom. The maximum absolute atomic E-state index is 9.25. The summed E-state index contributed by atoms with van der Waals surface area (Å²) in [6.07, 6.45) is -1.37. The highest BCUT2D eigenvalue weighted by Gasteiger charge is 2.38. The second kappa shape index (κ2) is 2.84. The van der Waals surface area contributed by atoms with Crippen molar-refractivity contribution in [3.63, 3.8) is 0 Å². The first-order valence-corrected chi connectivity index (χ1v) is 3.28. The van der Waals surface area contributed by atoms with Crippen LogP contribution in [0.5, 0.6) is 0 Å². The third-order valence-electron chi connectivity index (χ3n) is 1.80. The van der Waals surface area contributed by atoms with E-state index in [4.69, 9.17) is 15.2 Å². The smallest absolute Gasteiger partial charge is 0.185 e. The van der Waals surface area contributed by atoms with E-state index in [0.717, 1.165) is 0 Å². The number of aliphatic hydroxyl groups is 1. The minimum atomic E-state index is -0.694. The SMILES string of the molecule is CO[C@H]1O[C@H](C)[C@H](N)[C@H]1O. The highest BCUT2D eigenvalue weighted by Crippen LogP contribution is 2.18. The van der Waals surface area contributed by atoms with Gasteiger partial charge in [0.25, 0.3) is 0 Å². The van der Waals surface area contributed by atoms with Crippen molar-refractivity contribution in [3.05, 3.63) is 0 Å². The molecular formula is C6H13NO3. The third-order valence-corrected chi connectivity index (χ3v) is 1.80. The Morgan fingerprint density at radius 2 is 2.20 bits per heavy atom. The van der Waals surface area contributed by atoms with E-state index >= 15 is 0 Å². The van der Waals surface area contributed by atoms with E-state index < -0.39 is 12.4 Å². The van der Waals surface area contributed by atoms with Gasteiger partial charge in [0.15, 0.2) is 6.29 Å². The van der Waals surface area contributed by atoms with Crippen LogP contribution in [0, 0.1) is 0 Å². The summed E-state index contributed by atoms with van der Waals surface area (Å²) in [5, 5.41) is 9.25. The van der Waals surface area contributed by atoms with Crippen molar-refractivity contribution in [3.8, 4) is 0 Å². The molecule has 0 spiro atoms. The molecule has 0 saturated carbocycles. The normalized spacial score (nSPS) is 48.0. The van der Waals surface area contributed by atoms with E-state index in [-0.39, 0.29) is 12.1 Å². The Bertz CT molecular complexity index is 120. The minimum absolute atomic E-state index is 0.125. The average molecular weight is 147 g/mol. The molecule has 0 aromatic rings. The van der Waals surface area contributed by atoms with E-state index in [1.165, 1.54) is 7.11 Å². The van der Waals surface area contributed by atoms with Crippen LogP contribution in [0.3, 0.4) is 0 Å². The molecule has 0 aromatic heterocycles. The molecule has 0 unspecified atom stereocenters. The molecule has 1 saturated heterocycles. The fourth-order valence-corrected chi connectivity index (χ4v) is 1.04. The Hall–Kier alpha value is -0.160. The fraction of sp³-hybridized carbons (Fsp3) is 1.00. The van der Waals surface area contributed by atoms with Crippen LogP contribution in [0.4, 0.5) is 0 Å². The van der Waals surface area contributed by atoms with Crippen LogP contribution in [-0.2, 0) is 9.47 Å². The van der Waals surface area contributed by atoms with Gasteiger partial charge in [-0.25, -0.2) is 0 Å². The van der Waals surface area contributed by atoms with Crippen LogP contribution in [0.1, 0.15) is 6.92 Å². The summed E-state index contributed by atoms with van der Waals surface area (Å²) in [6.45, 7) is 1.81. The van der Waals surface area contributed by atoms with Crippen molar-refractivity contribution in [1.82, 2.24) is 0 Å². The molecule has 4 atom stereocenters. The van der Waals surface area contributed by atoms with Gasteiger partial charge in [0, 0.05) is 7.11 Å². The van der Waals surface area contributed by atoms with Gasteiger partial charge >= 0.3 is 0 Å². The third kappa shape index (κ3) is 1.15. The average Bonchev–Trinajstić information content (AvgIpc) is 2.17. The lowest BCUT2D eigenvalue weighted by atomic mass is 10.1. The van der Waals surface area contributed by atoms with Crippen LogP contribution < -0.4 is 5.73 Å². The molecule has 1 rings (SSSR count). The fourth-order valence-electron chi connectivity index (χ4n) is 1.04. The monoisotopic (exact) mass is 147 g/mol. The summed E-state index contributed by atoms with van der Waals surface area (Å²) in [6, 6.07) is -0.329. The summed E-state index contributed by atoms with van der Waals surface area (Å²) in [5.74, 6) is 0. The topological polar surface area (TPSA) is 64.7 Å². The largest absolute Gasteiger partial charge is 0.386 e. The van der Waals surface area contributed by atoms with Crippen LogP contribution in [0.2, 0.25) is 0 Å². The van der Waals surface area contributed by atoms with E-state index in [2.05, 4.69) is 0 Å². The second-order valence-corrected chi connectivity index (χ2v) is 2.51. The van der Waals surface area contributed by atoms with Gasteiger partial charge in [-0.2, -0.15) is 0 Å². The molecule has 1 heterocycles. The van der Waals surface area contributed by atoms with Gasteiger partial charge in [0.1, 0.15) is 6.10 Å². The van der Waals surface area contributed by atoms with Crippen LogP contribution in [0.25, 0.3) is 0 Å². The molecule has 10 heavy (non-hydrogen) atoms. The van der Waals surface area contributed by atoms with E-state index in [0.29, 0.717) is 0 Å². The second-order valence-electron chi connectivity index (χ2n) is 2.51. The first-order valence-electron chi connectivity index (χ1n) is 3.28. The summed E-state index contributed by atoms with van der Waals surface area (Å²) in [5.41, 5.74) is 5.53. The van der Waals surface area contributed by atoms with Crippen LogP contribution in [0.15, 0.2) is 0 Å². The van der Waals surface area contributed by atoms with E-state index in [1.54, 1.807) is 0 Å². The number of nitrogens with two attached hydrogens (primary N) is 1. The van der Waals surface area contributed by atoms with Crippen LogP contribution in [-0.4, -0.2) is 36.8 Å². The number of ether oxygens (including phenoxy) is 2. The highest BCUT2D eigenvalue weighted by molar-refractivity contribution is 4.87. The van der Waals surface area contributed by atoms with Crippen molar-refractivity contribution >= 4 is 0 Å². The summed E-state index contributed by atoms with van der Waals surface area (Å²) < 4.78 is 9.95. The van der Waals surface area contributed by atoms with E-state index in [9.17, 15) is 5.11 Å². The van der Waals surface area contributed by atoms with Crippen molar-refractivity contribution in [2.24, 2.45) is 5.73 Å². The molecule has 0 bridgehead atoms. The molecule has 3 N–H and O–H groups in total. The molecule has 4 heteroatoms. The molecule has 1 aliphatic rings. The maximum atomic E-state index is 9.25. The quantitative estimate of drug-likeness (QED) is 0.502. The zero-order valence-corrected chi connectivity index (χ0v) is 6.15. The van der Waals surface area contributed by atoms with Crippen molar-refractivity contribution < 1.29 is 14.6 Å². The molecule has 1 fully saturated rings. The molecule has 0 aliphatic carbocycles. The Labute approximate surface area is 59.9 Å². The Kier molecular flexibility index (Phi) is 2.25.